The zero-order chi connectivity index (χ0) is 15.3. The highest BCUT2D eigenvalue weighted by Gasteiger charge is 2.31. The van der Waals surface area contributed by atoms with Crippen LogP contribution in [-0.2, 0) is 6.18 Å². The molecular formula is C15H22F3N3. The molecule has 0 spiro atoms. The topological polar surface area (TPSA) is 18.5 Å². The van der Waals surface area contributed by atoms with Gasteiger partial charge in [0.05, 0.1) is 5.56 Å². The van der Waals surface area contributed by atoms with Crippen molar-refractivity contribution in [2.45, 2.75) is 12.6 Å². The van der Waals surface area contributed by atoms with E-state index in [2.05, 4.69) is 10.2 Å². The molecule has 6 heteroatoms. The van der Waals surface area contributed by atoms with Crippen LogP contribution >= 0.6 is 0 Å². The van der Waals surface area contributed by atoms with Crippen molar-refractivity contribution in [2.24, 2.45) is 0 Å². The number of benzene rings is 1. The van der Waals surface area contributed by atoms with Crippen LogP contribution in [-0.4, -0.2) is 51.2 Å². The van der Waals surface area contributed by atoms with Gasteiger partial charge in [-0.25, -0.2) is 0 Å². The molecule has 1 fully saturated rings. The van der Waals surface area contributed by atoms with Gasteiger partial charge in [-0.3, -0.25) is 4.90 Å². The van der Waals surface area contributed by atoms with Crippen molar-refractivity contribution < 1.29 is 13.2 Å². The third-order valence-corrected chi connectivity index (χ3v) is 3.81. The molecule has 0 saturated carbocycles. The van der Waals surface area contributed by atoms with Crippen molar-refractivity contribution in [1.82, 2.24) is 10.2 Å². The van der Waals surface area contributed by atoms with Crippen LogP contribution in [0.1, 0.15) is 12.0 Å². The average Bonchev–Trinajstić information content (AvgIpc) is 2.47. The second-order valence-electron chi connectivity index (χ2n) is 5.33. The van der Waals surface area contributed by atoms with Crippen molar-refractivity contribution in [3.8, 4) is 0 Å². The van der Waals surface area contributed by atoms with Gasteiger partial charge >= 0.3 is 6.18 Å². The fourth-order valence-corrected chi connectivity index (χ4v) is 2.59. The smallest absolute Gasteiger partial charge is 0.369 e. The van der Waals surface area contributed by atoms with Crippen molar-refractivity contribution in [3.63, 3.8) is 0 Å². The van der Waals surface area contributed by atoms with E-state index in [1.165, 1.54) is 12.1 Å². The van der Waals surface area contributed by atoms with Crippen LogP contribution in [0.15, 0.2) is 24.3 Å². The third kappa shape index (κ3) is 4.61. The first-order chi connectivity index (χ1) is 10.0. The molecule has 0 atom stereocenters. The van der Waals surface area contributed by atoms with Crippen LogP contribution in [0.3, 0.4) is 0 Å². The summed E-state index contributed by atoms with van der Waals surface area (Å²) in [5.74, 6) is 0. The molecule has 1 saturated heterocycles. The van der Waals surface area contributed by atoms with E-state index in [0.717, 1.165) is 51.8 Å². The summed E-state index contributed by atoms with van der Waals surface area (Å²) in [6.07, 6.45) is -3.18. The Morgan fingerprint density at radius 3 is 2.48 bits per heavy atom. The Hall–Kier alpha value is -1.27. The molecule has 1 heterocycles. The van der Waals surface area contributed by atoms with E-state index >= 15 is 0 Å². The molecular weight excluding hydrogens is 279 g/mol. The highest BCUT2D eigenvalue weighted by Crippen LogP contribution is 2.31. The summed E-state index contributed by atoms with van der Waals surface area (Å²) in [5.41, 5.74) is 0.0937. The van der Waals surface area contributed by atoms with Crippen molar-refractivity contribution >= 4 is 5.69 Å². The fraction of sp³-hybridized carbons (Fsp3) is 0.600. The van der Waals surface area contributed by atoms with Crippen LogP contribution < -0.4 is 10.2 Å². The van der Waals surface area contributed by atoms with E-state index in [1.807, 2.05) is 11.9 Å². The van der Waals surface area contributed by atoms with Crippen LogP contribution in [0.4, 0.5) is 18.9 Å². The molecule has 1 aromatic rings. The van der Waals surface area contributed by atoms with E-state index in [4.69, 9.17) is 0 Å². The molecule has 1 N–H and O–H groups in total. The molecule has 0 aliphatic carbocycles. The summed E-state index contributed by atoms with van der Waals surface area (Å²) in [7, 11) is 1.94. The minimum Gasteiger partial charge on any atom is -0.369 e. The summed E-state index contributed by atoms with van der Waals surface area (Å²) in [4.78, 5) is 4.39. The van der Waals surface area contributed by atoms with Gasteiger partial charge in [0.1, 0.15) is 0 Å². The van der Waals surface area contributed by atoms with E-state index in [-0.39, 0.29) is 0 Å². The molecule has 0 aromatic heterocycles. The van der Waals surface area contributed by atoms with Gasteiger partial charge < -0.3 is 10.2 Å². The van der Waals surface area contributed by atoms with Crippen LogP contribution in [0, 0.1) is 0 Å². The molecule has 3 nitrogen and oxygen atoms in total. The average molecular weight is 301 g/mol. The molecule has 1 aliphatic heterocycles. The lowest BCUT2D eigenvalue weighted by atomic mass is 10.1. The fourth-order valence-electron chi connectivity index (χ4n) is 2.59. The van der Waals surface area contributed by atoms with Gasteiger partial charge in [-0.2, -0.15) is 13.2 Å². The predicted octanol–water partition coefficient (Wildman–Crippen LogP) is 2.44. The number of piperazine rings is 1. The molecule has 21 heavy (non-hydrogen) atoms. The normalized spacial score (nSPS) is 17.2. The lowest BCUT2D eigenvalue weighted by Gasteiger charge is -2.36. The van der Waals surface area contributed by atoms with Gasteiger partial charge in [0, 0.05) is 31.9 Å². The molecule has 2 rings (SSSR count). The highest BCUT2D eigenvalue weighted by molar-refractivity contribution is 5.49. The van der Waals surface area contributed by atoms with Gasteiger partial charge in [0.25, 0.3) is 0 Å². The maximum absolute atomic E-state index is 12.7. The lowest BCUT2D eigenvalue weighted by Crippen LogP contribution is -2.47. The molecule has 0 amide bonds. The number of anilines is 1. The quantitative estimate of drug-likeness (QED) is 0.843. The van der Waals surface area contributed by atoms with E-state index in [9.17, 15) is 13.2 Å². The van der Waals surface area contributed by atoms with Gasteiger partial charge in [-0.05, 0) is 44.8 Å². The standard InChI is InChI=1S/C15H22F3N3/c1-19-6-3-7-20-8-10-21(11-9-20)14-5-2-4-13(12-14)15(16,17)18/h2,4-5,12,19H,3,6-11H2,1H3. The number of nitrogens with zero attached hydrogens (tertiary/aromatic N) is 2. The monoisotopic (exact) mass is 301 g/mol. The molecule has 1 aromatic carbocycles. The lowest BCUT2D eigenvalue weighted by molar-refractivity contribution is -0.137. The largest absolute Gasteiger partial charge is 0.416 e. The first-order valence-electron chi connectivity index (χ1n) is 7.30. The molecule has 0 bridgehead atoms. The Morgan fingerprint density at radius 2 is 1.86 bits per heavy atom. The predicted molar refractivity (Wildman–Crippen MR) is 78.6 cm³/mol. The summed E-state index contributed by atoms with van der Waals surface area (Å²) in [6.45, 7) is 5.40. The van der Waals surface area contributed by atoms with E-state index in [1.54, 1.807) is 6.07 Å². The number of nitrogens with one attached hydrogen (secondary N) is 1. The number of halogens is 3. The summed E-state index contributed by atoms with van der Waals surface area (Å²) < 4.78 is 38.2. The van der Waals surface area contributed by atoms with E-state index in [0.29, 0.717) is 5.69 Å². The Morgan fingerprint density at radius 1 is 1.14 bits per heavy atom. The second kappa shape index (κ2) is 7.13. The van der Waals surface area contributed by atoms with Crippen LogP contribution in [0.25, 0.3) is 0 Å². The Kier molecular flexibility index (Phi) is 5.47. The van der Waals surface area contributed by atoms with Gasteiger partial charge in [0.2, 0.25) is 0 Å². The number of alkyl halides is 3. The minimum absolute atomic E-state index is 0.573. The first-order valence-corrected chi connectivity index (χ1v) is 7.30. The van der Waals surface area contributed by atoms with Crippen molar-refractivity contribution in [2.75, 3.05) is 51.2 Å². The number of hydrogen-bond donors (Lipinski definition) is 1. The van der Waals surface area contributed by atoms with Crippen LogP contribution in [0.2, 0.25) is 0 Å². The van der Waals surface area contributed by atoms with Crippen molar-refractivity contribution in [3.05, 3.63) is 29.8 Å². The number of rotatable bonds is 5. The molecule has 0 radical (unpaired) electrons. The summed E-state index contributed by atoms with van der Waals surface area (Å²) >= 11 is 0. The van der Waals surface area contributed by atoms with Gasteiger partial charge in [-0.1, -0.05) is 6.07 Å². The summed E-state index contributed by atoms with van der Waals surface area (Å²) in [5, 5.41) is 3.12. The van der Waals surface area contributed by atoms with Gasteiger partial charge in [-0.15, -0.1) is 0 Å². The molecule has 1 aliphatic rings. The third-order valence-electron chi connectivity index (χ3n) is 3.81. The first kappa shape index (κ1) is 16.1. The maximum Gasteiger partial charge on any atom is 0.416 e. The Balaban J connectivity index is 1.90. The zero-order valence-corrected chi connectivity index (χ0v) is 12.3. The highest BCUT2D eigenvalue weighted by atomic mass is 19.4. The second-order valence-corrected chi connectivity index (χ2v) is 5.33. The van der Waals surface area contributed by atoms with Gasteiger partial charge in [0.15, 0.2) is 0 Å². The summed E-state index contributed by atoms with van der Waals surface area (Å²) in [6, 6.07) is 5.61. The number of hydrogen-bond acceptors (Lipinski definition) is 3. The maximum atomic E-state index is 12.7. The van der Waals surface area contributed by atoms with Crippen molar-refractivity contribution in [1.29, 1.82) is 0 Å². The molecule has 118 valence electrons. The molecule has 0 unspecified atom stereocenters. The van der Waals surface area contributed by atoms with E-state index < -0.39 is 11.7 Å². The minimum atomic E-state index is -4.27. The Bertz CT molecular complexity index is 440. The van der Waals surface area contributed by atoms with Crippen LogP contribution in [0.5, 0.6) is 0 Å². The SMILES string of the molecule is CNCCCN1CCN(c2cccc(C(F)(F)F)c2)CC1. The Labute approximate surface area is 123 Å². The zero-order valence-electron chi connectivity index (χ0n) is 12.3.